The summed E-state index contributed by atoms with van der Waals surface area (Å²) in [6.45, 7) is -0.734. The van der Waals surface area contributed by atoms with Gasteiger partial charge in [-0.3, -0.25) is 18.9 Å². The maximum Gasteiger partial charge on any atom is 0.481 e. The molecule has 1 aliphatic rings. The Hall–Kier alpha value is -1.71. The quantitative estimate of drug-likeness (QED) is 0.251. The van der Waals surface area contributed by atoms with Crippen LogP contribution in [0.5, 0.6) is 0 Å². The summed E-state index contributed by atoms with van der Waals surface area (Å²) in [7, 11) is -9.20. The third-order valence-corrected chi connectivity index (χ3v) is 6.07. The van der Waals surface area contributed by atoms with Crippen molar-refractivity contribution in [2.24, 2.45) is 0 Å². The summed E-state index contributed by atoms with van der Waals surface area (Å²) in [4.78, 5) is 48.6. The SMILES string of the molecule is COC1C(O)[C@H](n2cnc3c(=O)[nH]c(N)nc32)O[C@@H]1COP(=O)(O)OP(=O)(O)O. The van der Waals surface area contributed by atoms with Crippen molar-refractivity contribution in [3.8, 4) is 0 Å². The second kappa shape index (κ2) is 7.85. The molecule has 0 spiro atoms. The van der Waals surface area contributed by atoms with Gasteiger partial charge in [0.05, 0.1) is 12.9 Å². The van der Waals surface area contributed by atoms with Crippen molar-refractivity contribution in [3.63, 3.8) is 0 Å². The van der Waals surface area contributed by atoms with Gasteiger partial charge in [-0.25, -0.2) is 14.1 Å². The molecule has 1 aliphatic heterocycles. The predicted molar refractivity (Wildman–Crippen MR) is 92.2 cm³/mol. The molecule has 0 amide bonds. The Morgan fingerprint density at radius 1 is 1.38 bits per heavy atom. The third-order valence-electron chi connectivity index (χ3n) is 3.92. The first-order valence-electron chi connectivity index (χ1n) is 7.75. The number of phosphoric ester groups is 1. The average Bonchev–Trinajstić information content (AvgIpc) is 3.11. The standard InChI is InChI=1S/C11H17N5O11P2/c1-24-7-4(2-25-29(22,23)27-28(19,20)21)26-10(6(7)17)16-3-13-5-8(16)14-11(12)15-9(5)18/h3-4,6-7,10,17H,2H2,1H3,(H,22,23)(H2,19,20,21)(H3,12,14,15,18)/t4-,6?,7?,10-/m1/s1. The Kier molecular flexibility index (Phi) is 5.95. The van der Waals surface area contributed by atoms with E-state index in [-0.39, 0.29) is 17.1 Å². The molecule has 0 aliphatic carbocycles. The summed E-state index contributed by atoms with van der Waals surface area (Å²) in [6.07, 6.45) is -3.66. The van der Waals surface area contributed by atoms with Gasteiger partial charge in [-0.2, -0.15) is 9.29 Å². The number of aliphatic hydroxyl groups excluding tert-OH is 1. The van der Waals surface area contributed by atoms with Gasteiger partial charge < -0.3 is 35.0 Å². The van der Waals surface area contributed by atoms with E-state index in [0.717, 1.165) is 0 Å². The highest BCUT2D eigenvalue weighted by molar-refractivity contribution is 7.60. The zero-order chi connectivity index (χ0) is 21.6. The summed E-state index contributed by atoms with van der Waals surface area (Å²) in [6, 6.07) is 0. The topological polar surface area (TPSA) is 242 Å². The monoisotopic (exact) mass is 457 g/mol. The normalized spacial score (nSPS) is 27.3. The molecule has 1 fully saturated rings. The molecule has 29 heavy (non-hydrogen) atoms. The highest BCUT2D eigenvalue weighted by atomic mass is 31.3. The summed E-state index contributed by atoms with van der Waals surface area (Å²) in [5, 5.41) is 10.5. The van der Waals surface area contributed by atoms with Crippen molar-refractivity contribution in [2.75, 3.05) is 19.5 Å². The van der Waals surface area contributed by atoms with E-state index in [2.05, 4.69) is 23.8 Å². The number of nitrogen functional groups attached to an aromatic ring is 1. The van der Waals surface area contributed by atoms with Crippen LogP contribution in [0.2, 0.25) is 0 Å². The van der Waals surface area contributed by atoms with Crippen molar-refractivity contribution in [1.82, 2.24) is 19.5 Å². The number of hydrogen-bond donors (Lipinski definition) is 6. The average molecular weight is 457 g/mol. The lowest BCUT2D eigenvalue weighted by molar-refractivity contribution is -0.0526. The first-order valence-corrected chi connectivity index (χ1v) is 10.8. The molecular weight excluding hydrogens is 440 g/mol. The van der Waals surface area contributed by atoms with Gasteiger partial charge in [-0.05, 0) is 0 Å². The summed E-state index contributed by atoms with van der Waals surface area (Å²) < 4.78 is 42.4. The van der Waals surface area contributed by atoms with Crippen LogP contribution in [-0.2, 0) is 27.4 Å². The second-order valence-corrected chi connectivity index (χ2v) is 8.70. The van der Waals surface area contributed by atoms with E-state index in [1.165, 1.54) is 18.0 Å². The van der Waals surface area contributed by atoms with Crippen molar-refractivity contribution in [1.29, 1.82) is 0 Å². The number of H-pyrrole nitrogens is 1. The fraction of sp³-hybridized carbons (Fsp3) is 0.545. The number of nitrogens with two attached hydrogens (primary N) is 1. The van der Waals surface area contributed by atoms with Gasteiger partial charge in [-0.1, -0.05) is 0 Å². The minimum Gasteiger partial charge on any atom is -0.386 e. The highest BCUT2D eigenvalue weighted by Gasteiger charge is 2.47. The molecule has 5 atom stereocenters. The Labute approximate surface area is 161 Å². The fourth-order valence-corrected chi connectivity index (χ4v) is 4.43. The smallest absolute Gasteiger partial charge is 0.386 e. The minimum atomic E-state index is -5.30. The molecule has 0 bridgehead atoms. The van der Waals surface area contributed by atoms with Crippen LogP contribution >= 0.6 is 15.6 Å². The lowest BCUT2D eigenvalue weighted by atomic mass is 10.1. The number of fused-ring (bicyclic) bond motifs is 1. The first-order chi connectivity index (χ1) is 13.4. The molecule has 2 aromatic heterocycles. The van der Waals surface area contributed by atoms with Gasteiger partial charge in [0.1, 0.15) is 18.3 Å². The van der Waals surface area contributed by atoms with Crippen LogP contribution in [0.1, 0.15) is 6.23 Å². The summed E-state index contributed by atoms with van der Waals surface area (Å²) in [5.41, 5.74) is 4.84. The lowest BCUT2D eigenvalue weighted by Crippen LogP contribution is -2.35. The van der Waals surface area contributed by atoms with Crippen molar-refractivity contribution in [3.05, 3.63) is 16.7 Å². The number of anilines is 1. The molecule has 0 saturated carbocycles. The van der Waals surface area contributed by atoms with E-state index < -0.39 is 52.4 Å². The van der Waals surface area contributed by atoms with Crippen LogP contribution in [0.15, 0.2) is 11.1 Å². The largest absolute Gasteiger partial charge is 0.481 e. The van der Waals surface area contributed by atoms with Crippen LogP contribution in [0, 0.1) is 0 Å². The predicted octanol–water partition coefficient (Wildman–Crippen LogP) is -1.80. The molecule has 2 aromatic rings. The van der Waals surface area contributed by atoms with E-state index in [4.69, 9.17) is 25.0 Å². The molecule has 3 unspecified atom stereocenters. The van der Waals surface area contributed by atoms with Crippen molar-refractivity contribution in [2.45, 2.75) is 24.5 Å². The Morgan fingerprint density at radius 3 is 2.69 bits per heavy atom. The molecular formula is C11H17N5O11P2. The number of aliphatic hydroxyl groups is 1. The number of aromatic amines is 1. The van der Waals surface area contributed by atoms with Gasteiger partial charge in [0.25, 0.3) is 5.56 Å². The van der Waals surface area contributed by atoms with E-state index in [1.54, 1.807) is 0 Å². The van der Waals surface area contributed by atoms with Crippen LogP contribution < -0.4 is 11.3 Å². The van der Waals surface area contributed by atoms with Crippen LogP contribution in [0.3, 0.4) is 0 Å². The molecule has 16 nitrogen and oxygen atoms in total. The molecule has 7 N–H and O–H groups in total. The number of nitrogens with one attached hydrogen (secondary N) is 1. The summed E-state index contributed by atoms with van der Waals surface area (Å²) in [5.74, 6) is -0.198. The van der Waals surface area contributed by atoms with E-state index in [9.17, 15) is 23.9 Å². The minimum absolute atomic E-state index is 0.00406. The number of ether oxygens (including phenoxy) is 2. The number of methoxy groups -OCH3 is 1. The van der Waals surface area contributed by atoms with E-state index >= 15 is 0 Å². The molecule has 3 rings (SSSR count). The number of hydrogen-bond acceptors (Lipinski definition) is 11. The number of phosphoric acid groups is 2. The van der Waals surface area contributed by atoms with Gasteiger partial charge in [-0.15, -0.1) is 0 Å². The molecule has 1 saturated heterocycles. The highest BCUT2D eigenvalue weighted by Crippen LogP contribution is 2.57. The Morgan fingerprint density at radius 2 is 2.07 bits per heavy atom. The van der Waals surface area contributed by atoms with Crippen molar-refractivity contribution < 1.29 is 47.2 Å². The summed E-state index contributed by atoms with van der Waals surface area (Å²) >= 11 is 0. The van der Waals surface area contributed by atoms with Gasteiger partial charge in [0.15, 0.2) is 17.4 Å². The first kappa shape index (κ1) is 22.0. The van der Waals surface area contributed by atoms with E-state index in [0.29, 0.717) is 0 Å². The Balaban J connectivity index is 1.83. The van der Waals surface area contributed by atoms with Gasteiger partial charge in [0.2, 0.25) is 5.95 Å². The maximum atomic E-state index is 11.9. The van der Waals surface area contributed by atoms with Crippen LogP contribution in [0.4, 0.5) is 5.95 Å². The van der Waals surface area contributed by atoms with Crippen LogP contribution in [-0.4, -0.2) is 71.3 Å². The molecule has 18 heteroatoms. The molecule has 0 radical (unpaired) electrons. The van der Waals surface area contributed by atoms with Crippen molar-refractivity contribution >= 4 is 32.8 Å². The molecule has 162 valence electrons. The number of nitrogens with zero attached hydrogens (tertiary/aromatic N) is 3. The lowest BCUT2D eigenvalue weighted by Gasteiger charge is -2.19. The van der Waals surface area contributed by atoms with Crippen LogP contribution in [0.25, 0.3) is 11.2 Å². The second-order valence-electron chi connectivity index (χ2n) is 5.87. The number of rotatable bonds is 7. The molecule has 0 aromatic carbocycles. The third kappa shape index (κ3) is 4.73. The zero-order valence-corrected chi connectivity index (χ0v) is 16.3. The number of imidazole rings is 1. The number of aromatic nitrogens is 4. The Bertz CT molecular complexity index is 1050. The maximum absolute atomic E-state index is 11.9. The van der Waals surface area contributed by atoms with Gasteiger partial charge in [0, 0.05) is 7.11 Å². The van der Waals surface area contributed by atoms with E-state index in [1.807, 2.05) is 0 Å². The fourth-order valence-electron chi connectivity index (χ4n) is 2.83. The molecule has 3 heterocycles. The van der Waals surface area contributed by atoms with Gasteiger partial charge >= 0.3 is 15.6 Å². The zero-order valence-electron chi connectivity index (χ0n) is 14.6.